The largest absolute Gasteiger partial charge is 0.484 e. The molecule has 28 heavy (non-hydrogen) atoms. The van der Waals surface area contributed by atoms with E-state index in [1.807, 2.05) is 6.07 Å². The lowest BCUT2D eigenvalue weighted by Crippen LogP contribution is -2.40. The lowest BCUT2D eigenvalue weighted by Gasteiger charge is -2.26. The Balaban J connectivity index is 1.57. The van der Waals surface area contributed by atoms with Gasteiger partial charge in [0.1, 0.15) is 5.75 Å². The summed E-state index contributed by atoms with van der Waals surface area (Å²) >= 11 is 0. The summed E-state index contributed by atoms with van der Waals surface area (Å²) in [5.41, 5.74) is 1.54. The zero-order chi connectivity index (χ0) is 20.0. The number of pyridine rings is 1. The Bertz CT molecular complexity index is 912. The lowest BCUT2D eigenvalue weighted by atomic mass is 10.2. The van der Waals surface area contributed by atoms with Crippen LogP contribution in [0.15, 0.2) is 47.6 Å². The molecule has 1 aliphatic rings. The summed E-state index contributed by atoms with van der Waals surface area (Å²) in [5, 5.41) is 2.75. The van der Waals surface area contributed by atoms with E-state index in [0.717, 1.165) is 5.56 Å². The number of sulfonamides is 1. The van der Waals surface area contributed by atoms with Crippen molar-refractivity contribution in [1.29, 1.82) is 0 Å². The topological polar surface area (TPSA) is 97.8 Å². The molecule has 150 valence electrons. The molecule has 8 nitrogen and oxygen atoms in total. The van der Waals surface area contributed by atoms with E-state index in [0.29, 0.717) is 44.2 Å². The first-order valence-electron chi connectivity index (χ1n) is 8.94. The highest BCUT2D eigenvalue weighted by Crippen LogP contribution is 2.24. The number of hydrogen-bond acceptors (Lipinski definition) is 6. The maximum Gasteiger partial charge on any atom is 0.258 e. The number of rotatable bonds is 7. The van der Waals surface area contributed by atoms with E-state index in [1.54, 1.807) is 37.5 Å². The van der Waals surface area contributed by atoms with Crippen LogP contribution in [0.1, 0.15) is 11.1 Å². The van der Waals surface area contributed by atoms with Gasteiger partial charge < -0.3 is 14.8 Å². The predicted molar refractivity (Wildman–Crippen MR) is 102 cm³/mol. The molecular weight excluding hydrogens is 382 g/mol. The number of amides is 1. The van der Waals surface area contributed by atoms with Gasteiger partial charge in [-0.3, -0.25) is 9.78 Å². The van der Waals surface area contributed by atoms with Gasteiger partial charge in [-0.2, -0.15) is 4.31 Å². The minimum atomic E-state index is -3.56. The molecule has 1 amide bonds. The van der Waals surface area contributed by atoms with Crippen molar-refractivity contribution in [2.75, 3.05) is 32.9 Å². The Morgan fingerprint density at radius 2 is 2.07 bits per heavy atom. The van der Waals surface area contributed by atoms with E-state index in [9.17, 15) is 13.2 Å². The van der Waals surface area contributed by atoms with Crippen molar-refractivity contribution in [3.05, 3.63) is 53.9 Å². The van der Waals surface area contributed by atoms with E-state index < -0.39 is 10.0 Å². The van der Waals surface area contributed by atoms with Crippen molar-refractivity contribution in [3.63, 3.8) is 0 Å². The van der Waals surface area contributed by atoms with Crippen LogP contribution in [0, 0.1) is 6.92 Å². The fraction of sp³-hybridized carbons (Fsp3) is 0.368. The maximum atomic E-state index is 12.7. The molecule has 1 fully saturated rings. The van der Waals surface area contributed by atoms with Crippen LogP contribution in [0.5, 0.6) is 5.75 Å². The van der Waals surface area contributed by atoms with Crippen molar-refractivity contribution in [3.8, 4) is 5.75 Å². The molecule has 1 saturated heterocycles. The van der Waals surface area contributed by atoms with E-state index in [2.05, 4.69) is 10.3 Å². The fourth-order valence-electron chi connectivity index (χ4n) is 2.78. The Morgan fingerprint density at radius 3 is 2.75 bits per heavy atom. The third kappa shape index (κ3) is 5.06. The molecule has 2 aromatic rings. The summed E-state index contributed by atoms with van der Waals surface area (Å²) < 4.78 is 37.6. The van der Waals surface area contributed by atoms with Crippen molar-refractivity contribution in [1.82, 2.24) is 14.6 Å². The highest BCUT2D eigenvalue weighted by atomic mass is 32.2. The number of nitrogens with one attached hydrogen (secondary N) is 1. The van der Waals surface area contributed by atoms with Gasteiger partial charge >= 0.3 is 0 Å². The van der Waals surface area contributed by atoms with Gasteiger partial charge in [0, 0.05) is 32.0 Å². The van der Waals surface area contributed by atoms with Gasteiger partial charge in [0.15, 0.2) is 6.61 Å². The normalized spacial score (nSPS) is 15.2. The molecule has 3 rings (SSSR count). The van der Waals surface area contributed by atoms with Crippen LogP contribution in [-0.4, -0.2) is 56.5 Å². The minimum absolute atomic E-state index is 0.156. The maximum absolute atomic E-state index is 12.7. The summed E-state index contributed by atoms with van der Waals surface area (Å²) in [6.07, 6.45) is 3.35. The van der Waals surface area contributed by atoms with E-state index in [4.69, 9.17) is 9.47 Å². The van der Waals surface area contributed by atoms with Crippen LogP contribution in [-0.2, 0) is 26.1 Å². The van der Waals surface area contributed by atoms with Crippen LogP contribution in [0.2, 0.25) is 0 Å². The van der Waals surface area contributed by atoms with Crippen LogP contribution in [0.3, 0.4) is 0 Å². The number of nitrogens with zero attached hydrogens (tertiary/aromatic N) is 2. The SMILES string of the molecule is Cc1cc(S(=O)(=O)N2CCOCC2)ccc1OCC(=O)NCc1cccnc1. The highest BCUT2D eigenvalue weighted by Gasteiger charge is 2.26. The first kappa shape index (κ1) is 20.2. The quantitative estimate of drug-likeness (QED) is 0.741. The Labute approximate surface area is 164 Å². The van der Waals surface area contributed by atoms with Gasteiger partial charge in [-0.15, -0.1) is 0 Å². The number of benzene rings is 1. The minimum Gasteiger partial charge on any atom is -0.484 e. The smallest absolute Gasteiger partial charge is 0.258 e. The number of ether oxygens (including phenoxy) is 2. The summed E-state index contributed by atoms with van der Waals surface area (Å²) in [4.78, 5) is 16.2. The molecule has 2 heterocycles. The van der Waals surface area contributed by atoms with Gasteiger partial charge in [0.05, 0.1) is 18.1 Å². The molecule has 0 saturated carbocycles. The molecule has 0 atom stereocenters. The van der Waals surface area contributed by atoms with Crippen LogP contribution in [0.4, 0.5) is 0 Å². The Hall–Kier alpha value is -2.49. The molecule has 9 heteroatoms. The van der Waals surface area contributed by atoms with Gasteiger partial charge in [-0.25, -0.2) is 8.42 Å². The third-order valence-corrected chi connectivity index (χ3v) is 6.22. The second-order valence-electron chi connectivity index (χ2n) is 6.37. The van der Waals surface area contributed by atoms with Crippen molar-refractivity contribution < 1.29 is 22.7 Å². The molecule has 0 spiro atoms. The number of aromatic nitrogens is 1. The first-order valence-corrected chi connectivity index (χ1v) is 10.4. The van der Waals surface area contributed by atoms with Crippen molar-refractivity contribution >= 4 is 15.9 Å². The summed E-state index contributed by atoms with van der Waals surface area (Å²) in [5.74, 6) is 0.200. The van der Waals surface area contributed by atoms with Crippen LogP contribution in [0.25, 0.3) is 0 Å². The molecule has 1 aromatic carbocycles. The second kappa shape index (κ2) is 9.13. The molecule has 0 radical (unpaired) electrons. The number of carbonyl (C=O) groups is 1. The van der Waals surface area contributed by atoms with E-state index in [1.165, 1.54) is 10.4 Å². The van der Waals surface area contributed by atoms with Crippen molar-refractivity contribution in [2.45, 2.75) is 18.4 Å². The molecule has 1 N–H and O–H groups in total. The third-order valence-electron chi connectivity index (χ3n) is 4.33. The first-order chi connectivity index (χ1) is 13.5. The van der Waals surface area contributed by atoms with E-state index in [-0.39, 0.29) is 17.4 Å². The summed E-state index contributed by atoms with van der Waals surface area (Å²) in [6, 6.07) is 8.31. The molecule has 1 aromatic heterocycles. The molecule has 1 aliphatic heterocycles. The number of hydrogen-bond donors (Lipinski definition) is 1. The zero-order valence-corrected chi connectivity index (χ0v) is 16.4. The predicted octanol–water partition coefficient (Wildman–Crippen LogP) is 1.11. The zero-order valence-electron chi connectivity index (χ0n) is 15.6. The number of aryl methyl sites for hydroxylation is 1. The van der Waals surface area contributed by atoms with Crippen LogP contribution >= 0.6 is 0 Å². The van der Waals surface area contributed by atoms with E-state index >= 15 is 0 Å². The lowest BCUT2D eigenvalue weighted by molar-refractivity contribution is -0.123. The van der Waals surface area contributed by atoms with Gasteiger partial charge in [0.25, 0.3) is 5.91 Å². The standard InChI is InChI=1S/C19H23N3O5S/c1-15-11-17(28(24,25)22-7-9-26-10-8-22)4-5-18(15)27-14-19(23)21-13-16-3-2-6-20-12-16/h2-6,11-12H,7-10,13-14H2,1H3,(H,21,23). The van der Waals surface area contributed by atoms with Crippen LogP contribution < -0.4 is 10.1 Å². The summed E-state index contributed by atoms with van der Waals surface area (Å²) in [7, 11) is -3.56. The average Bonchev–Trinajstić information content (AvgIpc) is 2.72. The van der Waals surface area contributed by atoms with Gasteiger partial charge in [-0.1, -0.05) is 6.07 Å². The molecule has 0 unspecified atom stereocenters. The number of carbonyl (C=O) groups excluding carboxylic acids is 1. The average molecular weight is 405 g/mol. The molecule has 0 bridgehead atoms. The highest BCUT2D eigenvalue weighted by molar-refractivity contribution is 7.89. The second-order valence-corrected chi connectivity index (χ2v) is 8.31. The van der Waals surface area contributed by atoms with Gasteiger partial charge in [-0.05, 0) is 42.3 Å². The Morgan fingerprint density at radius 1 is 1.29 bits per heavy atom. The Kier molecular flexibility index (Phi) is 6.61. The van der Waals surface area contributed by atoms with Crippen molar-refractivity contribution in [2.24, 2.45) is 0 Å². The molecule has 0 aliphatic carbocycles. The monoisotopic (exact) mass is 405 g/mol. The van der Waals surface area contributed by atoms with Gasteiger partial charge in [0.2, 0.25) is 10.0 Å². The molecular formula is C19H23N3O5S. The summed E-state index contributed by atoms with van der Waals surface area (Å²) in [6.45, 7) is 3.44. The number of morpholine rings is 1. The fourth-order valence-corrected chi connectivity index (χ4v) is 4.27.